The lowest BCUT2D eigenvalue weighted by Gasteiger charge is -2.31. The fraction of sp³-hybridized carbons (Fsp3) is 0.900. The summed E-state index contributed by atoms with van der Waals surface area (Å²) in [5.41, 5.74) is -0.378. The Morgan fingerprint density at radius 3 is 2.36 bits per heavy atom. The lowest BCUT2D eigenvalue weighted by atomic mass is 9.94. The van der Waals surface area contributed by atoms with Gasteiger partial charge in [0.1, 0.15) is 0 Å². The van der Waals surface area contributed by atoms with E-state index < -0.39 is 6.10 Å². The van der Waals surface area contributed by atoms with Crippen molar-refractivity contribution in [2.45, 2.75) is 32.9 Å². The Labute approximate surface area is 85.3 Å². The third-order valence-corrected chi connectivity index (χ3v) is 2.61. The smallest absolute Gasteiger partial charge is 0.228 e. The first-order valence-corrected chi connectivity index (χ1v) is 5.00. The number of nitrogens with one attached hydrogen (secondary N) is 1. The van der Waals surface area contributed by atoms with Gasteiger partial charge < -0.3 is 15.3 Å². The zero-order valence-electron chi connectivity index (χ0n) is 9.37. The van der Waals surface area contributed by atoms with Crippen LogP contribution in [0.4, 0.5) is 0 Å². The minimum absolute atomic E-state index is 0.0743. The summed E-state index contributed by atoms with van der Waals surface area (Å²) in [4.78, 5) is 13.5. The number of hydrogen-bond donors (Lipinski definition) is 2. The predicted molar refractivity (Wildman–Crippen MR) is 54.9 cm³/mol. The van der Waals surface area contributed by atoms with Crippen molar-refractivity contribution in [2.75, 3.05) is 20.1 Å². The zero-order chi connectivity index (χ0) is 10.9. The maximum atomic E-state index is 11.9. The number of amides is 1. The van der Waals surface area contributed by atoms with Gasteiger partial charge in [0.25, 0.3) is 0 Å². The molecule has 2 unspecified atom stereocenters. The molecule has 0 aromatic carbocycles. The summed E-state index contributed by atoms with van der Waals surface area (Å²) < 4.78 is 0. The van der Waals surface area contributed by atoms with Crippen molar-refractivity contribution in [1.82, 2.24) is 10.2 Å². The molecule has 82 valence electrons. The molecule has 1 amide bonds. The van der Waals surface area contributed by atoms with Gasteiger partial charge in [-0.3, -0.25) is 4.79 Å². The van der Waals surface area contributed by atoms with Crippen LogP contribution in [0, 0.1) is 5.41 Å². The third-order valence-electron chi connectivity index (χ3n) is 2.61. The molecule has 0 bridgehead atoms. The molecule has 1 fully saturated rings. The molecule has 1 heterocycles. The van der Waals surface area contributed by atoms with Crippen LogP contribution in [0.5, 0.6) is 0 Å². The second kappa shape index (κ2) is 3.87. The Balaban J connectivity index is 2.65. The molecule has 0 saturated carbocycles. The summed E-state index contributed by atoms with van der Waals surface area (Å²) >= 11 is 0. The van der Waals surface area contributed by atoms with E-state index in [1.807, 2.05) is 20.8 Å². The van der Waals surface area contributed by atoms with Crippen molar-refractivity contribution < 1.29 is 9.90 Å². The normalized spacial score (nSPS) is 27.8. The zero-order valence-corrected chi connectivity index (χ0v) is 9.37. The van der Waals surface area contributed by atoms with E-state index in [0.29, 0.717) is 13.1 Å². The number of nitrogens with zero attached hydrogens (tertiary/aromatic N) is 1. The van der Waals surface area contributed by atoms with Gasteiger partial charge in [-0.25, -0.2) is 0 Å². The molecule has 1 saturated heterocycles. The van der Waals surface area contributed by atoms with Gasteiger partial charge in [0, 0.05) is 25.6 Å². The number of aliphatic hydroxyl groups excluding tert-OH is 1. The molecule has 0 aromatic heterocycles. The number of carbonyl (C=O) groups excluding carboxylic acids is 1. The van der Waals surface area contributed by atoms with Crippen molar-refractivity contribution in [2.24, 2.45) is 5.41 Å². The highest BCUT2D eigenvalue weighted by atomic mass is 16.3. The topological polar surface area (TPSA) is 52.6 Å². The van der Waals surface area contributed by atoms with E-state index in [1.54, 1.807) is 11.9 Å². The second-order valence-corrected chi connectivity index (χ2v) is 4.96. The van der Waals surface area contributed by atoms with Crippen molar-refractivity contribution >= 4 is 5.91 Å². The molecule has 4 nitrogen and oxygen atoms in total. The molecule has 2 atom stereocenters. The van der Waals surface area contributed by atoms with Gasteiger partial charge in [-0.05, 0) is 0 Å². The summed E-state index contributed by atoms with van der Waals surface area (Å²) in [6, 6.07) is -0.0817. The molecule has 0 radical (unpaired) electrons. The van der Waals surface area contributed by atoms with E-state index in [4.69, 9.17) is 0 Å². The Hall–Kier alpha value is -0.610. The number of β-amino-alcohol motifs (C(OH)–C–C–N with tert-alkyl or cyclic N) is 1. The highest BCUT2D eigenvalue weighted by molar-refractivity contribution is 5.81. The maximum Gasteiger partial charge on any atom is 0.228 e. The molecule has 1 rings (SSSR count). The van der Waals surface area contributed by atoms with Crippen LogP contribution in [0.15, 0.2) is 0 Å². The molecular formula is C10H20N2O2. The average Bonchev–Trinajstić information content (AvgIpc) is 2.47. The number of carbonyl (C=O) groups is 1. The molecule has 0 spiro atoms. The molecule has 0 aromatic rings. The van der Waals surface area contributed by atoms with Gasteiger partial charge in [0.2, 0.25) is 5.91 Å². The Bertz CT molecular complexity index is 223. The van der Waals surface area contributed by atoms with Crippen molar-refractivity contribution in [1.29, 1.82) is 0 Å². The monoisotopic (exact) mass is 200 g/mol. The molecule has 1 aliphatic rings. The first-order chi connectivity index (χ1) is 6.34. The van der Waals surface area contributed by atoms with Crippen LogP contribution in [0.2, 0.25) is 0 Å². The minimum atomic E-state index is -0.439. The summed E-state index contributed by atoms with van der Waals surface area (Å²) in [5.74, 6) is 0.0743. The van der Waals surface area contributed by atoms with E-state index in [0.717, 1.165) is 0 Å². The van der Waals surface area contributed by atoms with E-state index in [9.17, 15) is 9.90 Å². The molecule has 2 N–H and O–H groups in total. The first-order valence-electron chi connectivity index (χ1n) is 5.00. The number of hydrogen-bond acceptors (Lipinski definition) is 3. The van der Waals surface area contributed by atoms with E-state index in [-0.39, 0.29) is 17.4 Å². The van der Waals surface area contributed by atoms with Gasteiger partial charge in [-0.15, -0.1) is 0 Å². The quantitative estimate of drug-likeness (QED) is 0.617. The second-order valence-electron chi connectivity index (χ2n) is 4.96. The van der Waals surface area contributed by atoms with Crippen molar-refractivity contribution in [3.63, 3.8) is 0 Å². The van der Waals surface area contributed by atoms with Crippen LogP contribution < -0.4 is 5.32 Å². The lowest BCUT2D eigenvalue weighted by Crippen LogP contribution is -2.48. The molecule has 1 aliphatic heterocycles. The van der Waals surface area contributed by atoms with Gasteiger partial charge >= 0.3 is 0 Å². The first kappa shape index (κ1) is 11.5. The van der Waals surface area contributed by atoms with Crippen LogP contribution in [0.1, 0.15) is 20.8 Å². The number of likely N-dealkylation sites (N-methyl/N-ethyl adjacent to an activating group) is 1. The lowest BCUT2D eigenvalue weighted by molar-refractivity contribution is -0.141. The van der Waals surface area contributed by atoms with Gasteiger partial charge in [-0.2, -0.15) is 0 Å². The van der Waals surface area contributed by atoms with E-state index in [1.165, 1.54) is 0 Å². The summed E-state index contributed by atoms with van der Waals surface area (Å²) in [6.45, 7) is 6.92. The molecule has 0 aliphatic carbocycles. The highest BCUT2D eigenvalue weighted by Crippen LogP contribution is 2.19. The summed E-state index contributed by atoms with van der Waals surface area (Å²) in [6.07, 6.45) is -0.439. The summed E-state index contributed by atoms with van der Waals surface area (Å²) in [7, 11) is 1.76. The third kappa shape index (κ3) is 2.25. The fourth-order valence-electron chi connectivity index (χ4n) is 1.73. The van der Waals surface area contributed by atoms with Crippen molar-refractivity contribution in [3.05, 3.63) is 0 Å². The van der Waals surface area contributed by atoms with Crippen LogP contribution >= 0.6 is 0 Å². The van der Waals surface area contributed by atoms with E-state index in [2.05, 4.69) is 5.32 Å². The highest BCUT2D eigenvalue weighted by Gasteiger charge is 2.35. The standard InChI is InChI=1S/C10H20N2O2/c1-10(2,3)9(14)12(4)7-5-11-6-8(7)13/h7-8,11,13H,5-6H2,1-4H3. The Kier molecular flexibility index (Phi) is 3.17. The Morgan fingerprint density at radius 1 is 1.43 bits per heavy atom. The number of rotatable bonds is 1. The van der Waals surface area contributed by atoms with Gasteiger partial charge in [-0.1, -0.05) is 20.8 Å². The van der Waals surface area contributed by atoms with Crippen LogP contribution in [-0.2, 0) is 4.79 Å². The number of aliphatic hydroxyl groups is 1. The molecule has 4 heteroatoms. The van der Waals surface area contributed by atoms with Crippen LogP contribution in [-0.4, -0.2) is 48.2 Å². The Morgan fingerprint density at radius 2 is 2.00 bits per heavy atom. The van der Waals surface area contributed by atoms with E-state index >= 15 is 0 Å². The van der Waals surface area contributed by atoms with Crippen LogP contribution in [0.25, 0.3) is 0 Å². The largest absolute Gasteiger partial charge is 0.390 e. The summed E-state index contributed by atoms with van der Waals surface area (Å²) in [5, 5.41) is 12.7. The minimum Gasteiger partial charge on any atom is -0.390 e. The van der Waals surface area contributed by atoms with Gasteiger partial charge in [0.05, 0.1) is 12.1 Å². The predicted octanol–water partition coefficient (Wildman–Crippen LogP) is -0.176. The van der Waals surface area contributed by atoms with Gasteiger partial charge in [0.15, 0.2) is 0 Å². The maximum absolute atomic E-state index is 11.9. The SMILES string of the molecule is CN(C(=O)C(C)(C)C)C1CNCC1O. The fourth-order valence-corrected chi connectivity index (χ4v) is 1.73. The van der Waals surface area contributed by atoms with Crippen molar-refractivity contribution in [3.8, 4) is 0 Å². The molecule has 14 heavy (non-hydrogen) atoms. The molecular weight excluding hydrogens is 180 g/mol. The van der Waals surface area contributed by atoms with Crippen LogP contribution in [0.3, 0.4) is 0 Å². The average molecular weight is 200 g/mol.